The highest BCUT2D eigenvalue weighted by Crippen LogP contribution is 2.40. The number of rotatable bonds is 3. The lowest BCUT2D eigenvalue weighted by molar-refractivity contribution is 0.112. The Bertz CT molecular complexity index is 1450. The number of carbonyl (C=O) groups is 1. The predicted molar refractivity (Wildman–Crippen MR) is 128 cm³/mol. The topological polar surface area (TPSA) is 57.9 Å². The zero-order chi connectivity index (χ0) is 21.3. The summed E-state index contributed by atoms with van der Waals surface area (Å²) < 4.78 is 6.53. The van der Waals surface area contributed by atoms with Gasteiger partial charge in [0.15, 0.2) is 6.29 Å². The normalized spacial score (nSPS) is 13.0. The first kappa shape index (κ1) is 18.9. The fourth-order valence-corrected chi connectivity index (χ4v) is 5.04. The highest BCUT2D eigenvalue weighted by molar-refractivity contribution is 6.74. The number of benzene rings is 3. The Morgan fingerprint density at radius 2 is 1.60 bits per heavy atom. The second kappa shape index (κ2) is 6.22. The minimum atomic E-state index is -1.94. The van der Waals surface area contributed by atoms with Crippen LogP contribution in [0.4, 0.5) is 0 Å². The van der Waals surface area contributed by atoms with Crippen LogP contribution in [-0.4, -0.2) is 24.6 Å². The van der Waals surface area contributed by atoms with Crippen molar-refractivity contribution in [2.45, 2.75) is 38.9 Å². The Hall–Kier alpha value is -3.05. The number of carbonyl (C=O) groups excluding carboxylic acids is 1. The molecule has 152 valence electrons. The average molecular weight is 415 g/mol. The molecule has 5 rings (SSSR count). The second-order valence-electron chi connectivity index (χ2n) is 9.62. The lowest BCUT2D eigenvalue weighted by atomic mass is 10.0. The van der Waals surface area contributed by atoms with Crippen molar-refractivity contribution in [3.63, 3.8) is 0 Å². The molecule has 0 aliphatic carbocycles. The Labute approximate surface area is 176 Å². The van der Waals surface area contributed by atoms with E-state index in [1.807, 2.05) is 24.3 Å². The minimum Gasteiger partial charge on any atom is -0.543 e. The Morgan fingerprint density at radius 3 is 2.33 bits per heavy atom. The molecule has 0 spiro atoms. The second-order valence-corrected chi connectivity index (χ2v) is 14.3. The van der Waals surface area contributed by atoms with Crippen LogP contribution in [0.25, 0.3) is 43.6 Å². The molecule has 0 aliphatic heterocycles. The number of aromatic nitrogens is 2. The molecule has 0 saturated heterocycles. The van der Waals surface area contributed by atoms with Gasteiger partial charge in [0.2, 0.25) is 8.32 Å². The van der Waals surface area contributed by atoms with Crippen LogP contribution in [0.2, 0.25) is 18.1 Å². The van der Waals surface area contributed by atoms with Crippen molar-refractivity contribution in [1.82, 2.24) is 9.97 Å². The smallest absolute Gasteiger partial charge is 0.250 e. The van der Waals surface area contributed by atoms with Gasteiger partial charge in [0.05, 0.1) is 5.52 Å². The summed E-state index contributed by atoms with van der Waals surface area (Å²) >= 11 is 0. The molecule has 0 atom stereocenters. The highest BCUT2D eigenvalue weighted by atomic mass is 28.4. The van der Waals surface area contributed by atoms with Crippen LogP contribution in [0.1, 0.15) is 31.1 Å². The van der Waals surface area contributed by atoms with Crippen molar-refractivity contribution in [3.8, 4) is 5.75 Å². The van der Waals surface area contributed by atoms with Gasteiger partial charge in [-0.25, -0.2) is 0 Å². The van der Waals surface area contributed by atoms with Crippen molar-refractivity contribution in [3.05, 3.63) is 54.1 Å². The molecule has 0 saturated carbocycles. The molecule has 0 aliphatic rings. The Balaban J connectivity index is 1.78. The highest BCUT2D eigenvalue weighted by Gasteiger charge is 2.39. The summed E-state index contributed by atoms with van der Waals surface area (Å²) in [5.41, 5.74) is 4.59. The molecule has 0 unspecified atom stereocenters. The van der Waals surface area contributed by atoms with E-state index in [9.17, 15) is 4.79 Å². The van der Waals surface area contributed by atoms with E-state index in [0.717, 1.165) is 55.6 Å². The summed E-state index contributed by atoms with van der Waals surface area (Å²) in [5.74, 6) is 0.888. The number of nitrogens with one attached hydrogen (secondary N) is 2. The molecule has 0 fully saturated rings. The molecule has 2 heterocycles. The van der Waals surface area contributed by atoms with Crippen LogP contribution in [0.5, 0.6) is 5.75 Å². The van der Waals surface area contributed by atoms with Crippen molar-refractivity contribution in [1.29, 1.82) is 0 Å². The summed E-state index contributed by atoms with van der Waals surface area (Å²) in [6, 6.07) is 16.4. The van der Waals surface area contributed by atoms with Crippen LogP contribution in [0, 0.1) is 0 Å². The van der Waals surface area contributed by atoms with Gasteiger partial charge in [-0.3, -0.25) is 4.79 Å². The van der Waals surface area contributed by atoms with Gasteiger partial charge in [-0.1, -0.05) is 39.0 Å². The Morgan fingerprint density at radius 1 is 0.867 bits per heavy atom. The standard InChI is InChI=1S/C25H26N2O2Si/c1-25(2,3)30(4,5)29-15-10-11-21-17(12-15)18-13-22-23(19(14-28)24(18)27-21)16-8-6-7-9-20(16)26-22/h6-14,26-27H,1-5H3. The molecule has 0 amide bonds. The molecule has 30 heavy (non-hydrogen) atoms. The lowest BCUT2D eigenvalue weighted by Crippen LogP contribution is -2.43. The summed E-state index contributed by atoms with van der Waals surface area (Å²) in [7, 11) is -1.94. The van der Waals surface area contributed by atoms with Crippen LogP contribution >= 0.6 is 0 Å². The van der Waals surface area contributed by atoms with Gasteiger partial charge in [0.25, 0.3) is 0 Å². The van der Waals surface area contributed by atoms with Gasteiger partial charge < -0.3 is 14.4 Å². The predicted octanol–water partition coefficient (Wildman–Crippen LogP) is 7.15. The van der Waals surface area contributed by atoms with E-state index >= 15 is 0 Å². The van der Waals surface area contributed by atoms with Crippen LogP contribution in [-0.2, 0) is 0 Å². The zero-order valence-electron chi connectivity index (χ0n) is 18.0. The molecule has 2 aromatic heterocycles. The molecule has 5 heteroatoms. The first-order chi connectivity index (χ1) is 14.2. The van der Waals surface area contributed by atoms with Crippen LogP contribution < -0.4 is 4.43 Å². The van der Waals surface area contributed by atoms with Gasteiger partial charge in [-0.2, -0.15) is 0 Å². The fourth-order valence-electron chi connectivity index (χ4n) is 4.01. The molecule has 2 N–H and O–H groups in total. The summed E-state index contributed by atoms with van der Waals surface area (Å²) in [6.45, 7) is 11.2. The molecular formula is C25H26N2O2Si. The molecule has 0 bridgehead atoms. The van der Waals surface area contributed by atoms with E-state index in [1.165, 1.54) is 0 Å². The number of H-pyrrole nitrogens is 2. The van der Waals surface area contributed by atoms with E-state index in [1.54, 1.807) is 0 Å². The molecule has 4 nitrogen and oxygen atoms in total. The maximum atomic E-state index is 12.2. The van der Waals surface area contributed by atoms with Crippen molar-refractivity contribution in [2.24, 2.45) is 0 Å². The molecule has 0 radical (unpaired) electrons. The number of para-hydroxylation sites is 1. The molecular weight excluding hydrogens is 388 g/mol. The van der Waals surface area contributed by atoms with Crippen molar-refractivity contribution in [2.75, 3.05) is 0 Å². The summed E-state index contributed by atoms with van der Waals surface area (Å²) in [4.78, 5) is 19.1. The van der Waals surface area contributed by atoms with Crippen molar-refractivity contribution >= 4 is 58.2 Å². The number of hydrogen-bond acceptors (Lipinski definition) is 2. The molecule has 3 aromatic carbocycles. The third-order valence-electron chi connectivity index (χ3n) is 6.67. The van der Waals surface area contributed by atoms with E-state index in [0.29, 0.717) is 5.56 Å². The van der Waals surface area contributed by atoms with E-state index in [4.69, 9.17) is 4.43 Å². The summed E-state index contributed by atoms with van der Waals surface area (Å²) in [5, 5.41) is 4.27. The maximum Gasteiger partial charge on any atom is 0.250 e. The number of aromatic amines is 2. The number of hydrogen-bond donors (Lipinski definition) is 2. The minimum absolute atomic E-state index is 0.128. The average Bonchev–Trinajstić information content (AvgIpc) is 3.23. The third kappa shape index (κ3) is 2.69. The lowest BCUT2D eigenvalue weighted by Gasteiger charge is -2.36. The monoisotopic (exact) mass is 414 g/mol. The van der Waals surface area contributed by atoms with Crippen LogP contribution in [0.3, 0.4) is 0 Å². The van der Waals surface area contributed by atoms with Crippen LogP contribution in [0.15, 0.2) is 48.5 Å². The quantitative estimate of drug-likeness (QED) is 0.243. The van der Waals surface area contributed by atoms with Crippen molar-refractivity contribution < 1.29 is 9.22 Å². The van der Waals surface area contributed by atoms with Gasteiger partial charge in [-0.05, 0) is 48.5 Å². The fraction of sp³-hybridized carbons (Fsp3) is 0.240. The maximum absolute atomic E-state index is 12.2. The largest absolute Gasteiger partial charge is 0.543 e. The van der Waals surface area contributed by atoms with Gasteiger partial charge in [-0.15, -0.1) is 0 Å². The van der Waals surface area contributed by atoms with Gasteiger partial charge in [0, 0.05) is 43.7 Å². The SMILES string of the molecule is CC(C)(C)[Si](C)(C)Oc1ccc2[nH]c3c(C=O)c4c(cc3c2c1)[nH]c1ccccc14. The van der Waals surface area contributed by atoms with E-state index in [2.05, 4.69) is 68.1 Å². The van der Waals surface area contributed by atoms with Gasteiger partial charge in [0.1, 0.15) is 5.75 Å². The van der Waals surface area contributed by atoms with E-state index < -0.39 is 8.32 Å². The zero-order valence-corrected chi connectivity index (χ0v) is 19.0. The van der Waals surface area contributed by atoms with Gasteiger partial charge >= 0.3 is 0 Å². The molecule has 5 aromatic rings. The first-order valence-electron chi connectivity index (χ1n) is 10.3. The first-order valence-corrected chi connectivity index (χ1v) is 13.2. The number of fused-ring (bicyclic) bond motifs is 6. The van der Waals surface area contributed by atoms with E-state index in [-0.39, 0.29) is 5.04 Å². The number of aldehydes is 1. The third-order valence-corrected chi connectivity index (χ3v) is 11.0. The Kier molecular flexibility index (Phi) is 3.93. The summed E-state index contributed by atoms with van der Waals surface area (Å²) in [6.07, 6.45) is 0.966.